The molecule has 0 N–H and O–H groups in total. The lowest BCUT2D eigenvalue weighted by Gasteiger charge is -2.20. The number of furan rings is 1. The first kappa shape index (κ1) is 36.8. The van der Waals surface area contributed by atoms with Crippen LogP contribution >= 0.6 is 11.3 Å². The van der Waals surface area contributed by atoms with E-state index in [1.807, 2.05) is 17.4 Å². The average Bonchev–Trinajstić information content (AvgIpc) is 4.01. The summed E-state index contributed by atoms with van der Waals surface area (Å²) in [6.45, 7) is 2.30. The van der Waals surface area contributed by atoms with E-state index in [-0.39, 0.29) is 5.92 Å². The van der Waals surface area contributed by atoms with Gasteiger partial charge in [-0.15, -0.1) is 11.3 Å². The molecule has 302 valence electrons. The van der Waals surface area contributed by atoms with Gasteiger partial charge in [0.25, 0.3) is 0 Å². The normalized spacial score (nSPS) is 15.5. The Morgan fingerprint density at radius 1 is 0.484 bits per heavy atom. The van der Waals surface area contributed by atoms with Crippen molar-refractivity contribution >= 4 is 103 Å². The molecule has 5 heteroatoms. The van der Waals surface area contributed by atoms with Crippen molar-refractivity contribution in [3.05, 3.63) is 217 Å². The first-order valence-corrected chi connectivity index (χ1v) is 22.8. The summed E-state index contributed by atoms with van der Waals surface area (Å²) < 4.78 is 11.7. The van der Waals surface area contributed by atoms with Crippen LogP contribution in [0.4, 0.5) is 0 Å². The molecule has 4 heterocycles. The highest BCUT2D eigenvalue weighted by molar-refractivity contribution is 7.25. The number of aromatic nitrogens is 1. The van der Waals surface area contributed by atoms with Crippen LogP contribution in [0.5, 0.6) is 0 Å². The van der Waals surface area contributed by atoms with Gasteiger partial charge < -0.3 is 8.98 Å². The van der Waals surface area contributed by atoms with Crippen molar-refractivity contribution in [3.8, 4) is 16.8 Å². The largest absolute Gasteiger partial charge is 0.456 e. The third-order valence-electron chi connectivity index (χ3n) is 13.0. The highest BCUT2D eigenvalue weighted by atomic mass is 32.1. The molecular weight excluding hydrogens is 799 g/mol. The van der Waals surface area contributed by atoms with Crippen LogP contribution in [0.1, 0.15) is 30.0 Å². The lowest BCUT2D eigenvalue weighted by atomic mass is 9.92. The number of hydrogen-bond acceptors (Lipinski definition) is 4. The van der Waals surface area contributed by atoms with Gasteiger partial charge in [0.1, 0.15) is 11.2 Å². The lowest BCUT2D eigenvalue weighted by molar-refractivity contribution is 0.668. The van der Waals surface area contributed by atoms with Gasteiger partial charge in [-0.25, -0.2) is 9.98 Å². The van der Waals surface area contributed by atoms with Gasteiger partial charge in [0, 0.05) is 64.8 Å². The molecule has 1 aliphatic rings. The van der Waals surface area contributed by atoms with Gasteiger partial charge in [0.05, 0.1) is 28.1 Å². The van der Waals surface area contributed by atoms with Crippen LogP contribution in [0.25, 0.3) is 97.2 Å². The molecule has 0 fully saturated rings. The van der Waals surface area contributed by atoms with Crippen molar-refractivity contribution < 1.29 is 4.42 Å². The fourth-order valence-corrected chi connectivity index (χ4v) is 11.0. The number of rotatable bonds is 5. The van der Waals surface area contributed by atoms with Gasteiger partial charge in [0.2, 0.25) is 0 Å². The maximum absolute atomic E-state index is 6.66. The van der Waals surface area contributed by atoms with Gasteiger partial charge in [0.15, 0.2) is 5.84 Å². The van der Waals surface area contributed by atoms with E-state index < -0.39 is 0 Å². The second kappa shape index (κ2) is 14.6. The van der Waals surface area contributed by atoms with Crippen LogP contribution in [0.3, 0.4) is 0 Å². The quantitative estimate of drug-likeness (QED) is 0.170. The predicted molar refractivity (Wildman–Crippen MR) is 272 cm³/mol. The van der Waals surface area contributed by atoms with Crippen molar-refractivity contribution in [2.45, 2.75) is 13.3 Å². The molecule has 1 unspecified atom stereocenters. The summed E-state index contributed by atoms with van der Waals surface area (Å²) in [7, 11) is 0. The number of thiophene rings is 1. The van der Waals surface area contributed by atoms with Gasteiger partial charge in [-0.3, -0.25) is 0 Å². The van der Waals surface area contributed by atoms with Gasteiger partial charge in [-0.1, -0.05) is 146 Å². The Balaban J connectivity index is 1.09. The van der Waals surface area contributed by atoms with Crippen molar-refractivity contribution in [2.24, 2.45) is 15.9 Å². The second-order valence-corrected chi connectivity index (χ2v) is 18.0. The highest BCUT2D eigenvalue weighted by Gasteiger charge is 2.24. The molecule has 4 nitrogen and oxygen atoms in total. The smallest absolute Gasteiger partial charge is 0.160 e. The third kappa shape index (κ3) is 5.96. The average molecular weight is 838 g/mol. The van der Waals surface area contributed by atoms with E-state index in [9.17, 15) is 0 Å². The van der Waals surface area contributed by atoms with E-state index in [4.69, 9.17) is 14.4 Å². The Kier molecular flexibility index (Phi) is 8.40. The molecule has 0 radical (unpaired) electrons. The molecule has 64 heavy (non-hydrogen) atoms. The minimum absolute atomic E-state index is 0.0849. The molecule has 0 bridgehead atoms. The number of fused-ring (bicyclic) bond motifs is 10. The van der Waals surface area contributed by atoms with Gasteiger partial charge >= 0.3 is 0 Å². The Morgan fingerprint density at radius 2 is 1.20 bits per heavy atom. The Bertz CT molecular complexity index is 3950. The molecule has 0 amide bonds. The number of amidine groups is 1. The summed E-state index contributed by atoms with van der Waals surface area (Å²) in [5.74, 6) is 0.763. The second-order valence-electron chi connectivity index (χ2n) is 16.9. The molecule has 0 saturated carbocycles. The van der Waals surface area contributed by atoms with E-state index in [0.29, 0.717) is 5.84 Å². The zero-order valence-corrected chi connectivity index (χ0v) is 35.8. The van der Waals surface area contributed by atoms with Gasteiger partial charge in [-0.05, 0) is 88.5 Å². The fraction of sp³-hybridized carbons (Fsp3) is 0.0508. The zero-order chi connectivity index (χ0) is 42.3. The summed E-state index contributed by atoms with van der Waals surface area (Å²) in [6.07, 6.45) is 3.09. The van der Waals surface area contributed by atoms with Crippen molar-refractivity contribution in [1.29, 1.82) is 0 Å². The van der Waals surface area contributed by atoms with Crippen molar-refractivity contribution in [1.82, 2.24) is 4.57 Å². The molecular formula is C59H39N3OS. The fourth-order valence-electron chi connectivity index (χ4n) is 9.88. The highest BCUT2D eigenvalue weighted by Crippen LogP contribution is 2.42. The molecule has 3 aromatic heterocycles. The first-order valence-electron chi connectivity index (χ1n) is 21.9. The van der Waals surface area contributed by atoms with Crippen molar-refractivity contribution in [3.63, 3.8) is 0 Å². The maximum atomic E-state index is 6.66. The monoisotopic (exact) mass is 837 g/mol. The van der Waals surface area contributed by atoms with Crippen LogP contribution in [0, 0.1) is 5.92 Å². The van der Waals surface area contributed by atoms with Gasteiger partial charge in [-0.2, -0.15) is 0 Å². The number of nitrogens with zero attached hydrogens (tertiary/aromatic N) is 3. The summed E-state index contributed by atoms with van der Waals surface area (Å²) in [5, 5.41) is 9.49. The maximum Gasteiger partial charge on any atom is 0.160 e. The van der Waals surface area contributed by atoms with E-state index in [1.54, 1.807) is 0 Å². The SMILES string of the molecule is CC1C/C=C(\c2cc3c(cc2-n2c4ccccc4c4cc5ccccc5cc42)oc2ccccc23)N=C(c2cccc(-c3ccccc3)c2)N=C1c1ccc2sc3ccccc3c2c1. The topological polar surface area (TPSA) is 42.8 Å². The van der Waals surface area contributed by atoms with Crippen molar-refractivity contribution in [2.75, 3.05) is 0 Å². The minimum Gasteiger partial charge on any atom is -0.456 e. The molecule has 0 spiro atoms. The number of para-hydroxylation sites is 2. The standard InChI is InChI=1S/C59H39N3OS/c1-36-26-28-50(60-59(42-19-13-18-38(30-42)37-14-3-2-4-15-37)61-58(36)41-27-29-57-48(32-41)45-22-9-12-25-56(45)64-57)49-34-47-44-21-8-11-24-54(44)63-55(47)35-53(49)62-51-23-10-7-20-43(51)46-31-39-16-5-6-17-40(39)33-52(46)62/h2-25,27-36H,26H2,1H3/b50-28+,60-59?,61-58?. The predicted octanol–water partition coefficient (Wildman–Crippen LogP) is 16.2. The molecule has 13 rings (SSSR count). The van der Waals surface area contributed by atoms with Crippen LogP contribution in [-0.4, -0.2) is 16.1 Å². The molecule has 1 aliphatic heterocycles. The third-order valence-corrected chi connectivity index (χ3v) is 14.2. The Hall–Kier alpha value is -7.86. The van der Waals surface area contributed by atoms with E-state index >= 15 is 0 Å². The molecule has 1 atom stereocenters. The number of allylic oxidation sites excluding steroid dienone is 1. The zero-order valence-electron chi connectivity index (χ0n) is 35.0. The lowest BCUT2D eigenvalue weighted by Crippen LogP contribution is -2.17. The number of aliphatic imine (C=N–C) groups is 2. The Labute approximate surface area is 373 Å². The number of benzene rings is 9. The number of hydrogen-bond donors (Lipinski definition) is 0. The minimum atomic E-state index is 0.0849. The van der Waals surface area contributed by atoms with E-state index in [1.165, 1.54) is 41.7 Å². The summed E-state index contributed by atoms with van der Waals surface area (Å²) in [5.41, 5.74) is 12.2. The Morgan fingerprint density at radius 3 is 2.09 bits per heavy atom. The van der Waals surface area contributed by atoms with Crippen LogP contribution in [-0.2, 0) is 0 Å². The molecule has 9 aromatic carbocycles. The van der Waals surface area contributed by atoms with Crippen LogP contribution in [0.15, 0.2) is 215 Å². The summed E-state index contributed by atoms with van der Waals surface area (Å²) in [4.78, 5) is 11.4. The summed E-state index contributed by atoms with van der Waals surface area (Å²) >= 11 is 1.84. The van der Waals surface area contributed by atoms with E-state index in [0.717, 1.165) is 84.3 Å². The first-order chi connectivity index (χ1) is 31.6. The van der Waals surface area contributed by atoms with E-state index in [2.05, 4.69) is 206 Å². The van der Waals surface area contributed by atoms with Crippen LogP contribution in [0.2, 0.25) is 0 Å². The molecule has 0 aliphatic carbocycles. The summed E-state index contributed by atoms with van der Waals surface area (Å²) in [6, 6.07) is 69.7. The van der Waals surface area contributed by atoms with Crippen LogP contribution < -0.4 is 0 Å². The molecule has 12 aromatic rings. The molecule has 0 saturated heterocycles.